The van der Waals surface area contributed by atoms with Gasteiger partial charge in [0.2, 0.25) is 0 Å². The van der Waals surface area contributed by atoms with Crippen LogP contribution in [-0.2, 0) is 0 Å². The van der Waals surface area contributed by atoms with Crippen LogP contribution < -0.4 is 4.74 Å². The number of hydrogen-bond acceptors (Lipinski definition) is 2. The van der Waals surface area contributed by atoms with E-state index in [0.717, 1.165) is 5.75 Å². The summed E-state index contributed by atoms with van der Waals surface area (Å²) in [6.07, 6.45) is 0. The van der Waals surface area contributed by atoms with Crippen LogP contribution in [-0.4, -0.2) is 7.11 Å². The molecule has 0 aliphatic carbocycles. The molecule has 1 radical (unpaired) electrons. The predicted molar refractivity (Wildman–Crippen MR) is 52.0 cm³/mol. The van der Waals surface area contributed by atoms with Gasteiger partial charge in [-0.2, -0.15) is 0 Å². The number of thiophene rings is 1. The second kappa shape index (κ2) is 2.79. The summed E-state index contributed by atoms with van der Waals surface area (Å²) in [5.41, 5.74) is 1.20. The summed E-state index contributed by atoms with van der Waals surface area (Å²) in [5, 5.41) is 4.46. The van der Waals surface area contributed by atoms with Gasteiger partial charge >= 0.3 is 0 Å². The number of benzene rings is 1. The Hall–Kier alpha value is -1.02. The lowest BCUT2D eigenvalue weighted by Gasteiger charge is -1.99. The number of rotatable bonds is 1. The summed E-state index contributed by atoms with van der Waals surface area (Å²) in [6.45, 7) is 2.07. The second-order valence-corrected chi connectivity index (χ2v) is 3.48. The number of aryl methyl sites for hydroxylation is 1. The van der Waals surface area contributed by atoms with Crippen LogP contribution in [0.1, 0.15) is 5.56 Å². The lowest BCUT2D eigenvalue weighted by molar-refractivity contribution is 0.420. The first-order valence-electron chi connectivity index (χ1n) is 3.76. The summed E-state index contributed by atoms with van der Waals surface area (Å²) >= 11 is 1.62. The highest BCUT2D eigenvalue weighted by atomic mass is 32.1. The van der Waals surface area contributed by atoms with Crippen LogP contribution in [0.4, 0.5) is 0 Å². The summed E-state index contributed by atoms with van der Waals surface area (Å²) < 4.78 is 6.42. The molecule has 12 heavy (non-hydrogen) atoms. The molecule has 2 rings (SSSR count). The Morgan fingerprint density at radius 3 is 3.00 bits per heavy atom. The minimum Gasteiger partial charge on any atom is -0.495 e. The Morgan fingerprint density at radius 2 is 2.25 bits per heavy atom. The molecule has 2 heteroatoms. The topological polar surface area (TPSA) is 9.23 Å². The molecule has 0 unspecified atom stereocenters. The molecule has 0 fully saturated rings. The minimum atomic E-state index is 0.946. The van der Waals surface area contributed by atoms with Crippen LogP contribution in [0.25, 0.3) is 10.1 Å². The minimum absolute atomic E-state index is 0.946. The molecule has 0 saturated heterocycles. The van der Waals surface area contributed by atoms with Crippen molar-refractivity contribution in [1.29, 1.82) is 0 Å². The third-order valence-corrected chi connectivity index (χ3v) is 2.94. The monoisotopic (exact) mass is 177 g/mol. The van der Waals surface area contributed by atoms with Gasteiger partial charge in [-0.25, -0.2) is 0 Å². The maximum absolute atomic E-state index is 5.23. The van der Waals surface area contributed by atoms with Gasteiger partial charge in [0.15, 0.2) is 0 Å². The molecule has 1 aromatic carbocycles. The molecule has 0 aliphatic rings. The standard InChI is InChI=1S/C10H9OS/c1-7-6-12-10-8(7)4-3-5-9(10)11-2/h3-5H,1-2H3. The molecule has 1 aromatic heterocycles. The summed E-state index contributed by atoms with van der Waals surface area (Å²) in [5.74, 6) is 0.946. The highest BCUT2D eigenvalue weighted by molar-refractivity contribution is 7.17. The molecule has 0 N–H and O–H groups in total. The van der Waals surface area contributed by atoms with E-state index in [-0.39, 0.29) is 0 Å². The van der Waals surface area contributed by atoms with E-state index in [1.807, 2.05) is 12.1 Å². The molecule has 0 spiro atoms. The first-order valence-corrected chi connectivity index (χ1v) is 4.58. The van der Waals surface area contributed by atoms with Crippen molar-refractivity contribution in [2.24, 2.45) is 0 Å². The van der Waals surface area contributed by atoms with E-state index in [1.54, 1.807) is 18.4 Å². The van der Waals surface area contributed by atoms with Crippen molar-refractivity contribution in [2.45, 2.75) is 6.92 Å². The van der Waals surface area contributed by atoms with Crippen molar-refractivity contribution in [2.75, 3.05) is 7.11 Å². The van der Waals surface area contributed by atoms with Crippen LogP contribution >= 0.6 is 11.3 Å². The normalized spacial score (nSPS) is 10.5. The van der Waals surface area contributed by atoms with E-state index in [0.29, 0.717) is 0 Å². The van der Waals surface area contributed by atoms with E-state index >= 15 is 0 Å². The number of fused-ring (bicyclic) bond motifs is 1. The van der Waals surface area contributed by atoms with Gasteiger partial charge < -0.3 is 4.74 Å². The van der Waals surface area contributed by atoms with Gasteiger partial charge in [-0.15, -0.1) is 11.3 Å². The molecule has 0 aliphatic heterocycles. The summed E-state index contributed by atoms with van der Waals surface area (Å²) in [7, 11) is 1.70. The molecular weight excluding hydrogens is 168 g/mol. The zero-order valence-electron chi connectivity index (χ0n) is 7.05. The first-order chi connectivity index (χ1) is 5.83. The van der Waals surface area contributed by atoms with E-state index in [4.69, 9.17) is 4.74 Å². The van der Waals surface area contributed by atoms with Gasteiger partial charge in [0.1, 0.15) is 5.75 Å². The molecule has 1 nitrogen and oxygen atoms in total. The first kappa shape index (κ1) is 7.62. The zero-order chi connectivity index (χ0) is 8.55. The molecule has 0 saturated carbocycles. The van der Waals surface area contributed by atoms with Crippen LogP contribution in [0, 0.1) is 12.3 Å². The summed E-state index contributed by atoms with van der Waals surface area (Å²) in [6, 6.07) is 6.08. The van der Waals surface area contributed by atoms with Crippen LogP contribution in [0.5, 0.6) is 5.75 Å². The Kier molecular flexibility index (Phi) is 1.77. The van der Waals surface area contributed by atoms with E-state index in [2.05, 4.69) is 18.4 Å². The fourth-order valence-corrected chi connectivity index (χ4v) is 2.21. The Balaban J connectivity index is 2.81. The third kappa shape index (κ3) is 0.994. The number of ether oxygens (including phenoxy) is 1. The van der Waals surface area contributed by atoms with Crippen LogP contribution in [0.3, 0.4) is 0 Å². The average molecular weight is 177 g/mol. The van der Waals surface area contributed by atoms with Crippen molar-refractivity contribution in [3.8, 4) is 5.75 Å². The number of hydrogen-bond donors (Lipinski definition) is 0. The molecular formula is C10H9OS. The Morgan fingerprint density at radius 1 is 1.42 bits per heavy atom. The Bertz CT molecular complexity index is 403. The maximum Gasteiger partial charge on any atom is 0.136 e. The lowest BCUT2D eigenvalue weighted by atomic mass is 10.2. The van der Waals surface area contributed by atoms with Crippen LogP contribution in [0.15, 0.2) is 18.2 Å². The van der Waals surface area contributed by atoms with Gasteiger partial charge in [0.25, 0.3) is 0 Å². The molecule has 61 valence electrons. The third-order valence-electron chi connectivity index (χ3n) is 1.91. The number of methoxy groups -OCH3 is 1. The van der Waals surface area contributed by atoms with Gasteiger partial charge in [-0.05, 0) is 23.9 Å². The average Bonchev–Trinajstić information content (AvgIpc) is 2.48. The molecule has 2 aromatic rings. The van der Waals surface area contributed by atoms with Crippen molar-refractivity contribution < 1.29 is 4.74 Å². The fraction of sp³-hybridized carbons (Fsp3) is 0.200. The van der Waals surface area contributed by atoms with Crippen LogP contribution in [0.2, 0.25) is 0 Å². The van der Waals surface area contributed by atoms with Crippen molar-refractivity contribution in [1.82, 2.24) is 0 Å². The van der Waals surface area contributed by atoms with Crippen molar-refractivity contribution >= 4 is 21.4 Å². The smallest absolute Gasteiger partial charge is 0.136 e. The van der Waals surface area contributed by atoms with E-state index < -0.39 is 0 Å². The zero-order valence-corrected chi connectivity index (χ0v) is 7.87. The quantitative estimate of drug-likeness (QED) is 0.650. The van der Waals surface area contributed by atoms with Gasteiger partial charge in [0, 0.05) is 5.38 Å². The molecule has 0 atom stereocenters. The molecule has 1 heterocycles. The van der Waals surface area contributed by atoms with E-state index in [1.165, 1.54) is 15.6 Å². The molecule has 0 amide bonds. The second-order valence-electron chi connectivity index (χ2n) is 2.67. The highest BCUT2D eigenvalue weighted by Gasteiger charge is 2.04. The maximum atomic E-state index is 5.23. The van der Waals surface area contributed by atoms with Gasteiger partial charge in [-0.3, -0.25) is 0 Å². The summed E-state index contributed by atoms with van der Waals surface area (Å²) in [4.78, 5) is 0. The predicted octanol–water partition coefficient (Wildman–Crippen LogP) is 3.02. The van der Waals surface area contributed by atoms with E-state index in [9.17, 15) is 0 Å². The fourth-order valence-electron chi connectivity index (χ4n) is 1.26. The lowest BCUT2D eigenvalue weighted by Crippen LogP contribution is -1.81. The molecule has 0 bridgehead atoms. The van der Waals surface area contributed by atoms with Gasteiger partial charge in [0.05, 0.1) is 11.8 Å². The Labute approximate surface area is 75.6 Å². The van der Waals surface area contributed by atoms with Crippen molar-refractivity contribution in [3.05, 3.63) is 29.1 Å². The highest BCUT2D eigenvalue weighted by Crippen LogP contribution is 2.32. The van der Waals surface area contributed by atoms with Gasteiger partial charge in [-0.1, -0.05) is 12.1 Å². The largest absolute Gasteiger partial charge is 0.495 e. The SMILES string of the molecule is COc1cccc2c(C)[c]sc12. The van der Waals surface area contributed by atoms with Crippen molar-refractivity contribution in [3.63, 3.8) is 0 Å².